The molecule has 140 valence electrons. The zero-order valence-electron chi connectivity index (χ0n) is 15.2. The number of benzene rings is 1. The van der Waals surface area contributed by atoms with Crippen molar-refractivity contribution < 1.29 is 9.53 Å². The lowest BCUT2D eigenvalue weighted by Crippen LogP contribution is -2.46. The number of nitrogens with two attached hydrogens (primary N) is 2. The minimum atomic E-state index is -1.04. The van der Waals surface area contributed by atoms with Crippen LogP contribution in [0.2, 0.25) is 0 Å². The summed E-state index contributed by atoms with van der Waals surface area (Å²) >= 11 is 1.41. The number of ether oxygens (including phenoxy) is 1. The van der Waals surface area contributed by atoms with E-state index in [1.807, 2.05) is 25.1 Å². The Morgan fingerprint density at radius 2 is 2.08 bits per heavy atom. The number of carbonyl (C=O) groups excluding carboxylic acids is 1. The van der Waals surface area contributed by atoms with E-state index in [2.05, 4.69) is 11.0 Å². The maximum atomic E-state index is 12.2. The maximum absolute atomic E-state index is 12.2. The summed E-state index contributed by atoms with van der Waals surface area (Å²) in [6, 6.07) is 8.03. The van der Waals surface area contributed by atoms with Crippen molar-refractivity contribution in [2.75, 3.05) is 25.4 Å². The number of primary amides is 1. The van der Waals surface area contributed by atoms with Crippen LogP contribution in [0.15, 0.2) is 24.3 Å². The number of hydrogen-bond acceptors (Lipinski definition) is 5. The van der Waals surface area contributed by atoms with E-state index in [0.29, 0.717) is 24.5 Å². The van der Waals surface area contributed by atoms with Crippen molar-refractivity contribution in [3.63, 3.8) is 0 Å². The first kappa shape index (κ1) is 20.1. The van der Waals surface area contributed by atoms with Gasteiger partial charge in [-0.3, -0.25) is 9.69 Å². The summed E-state index contributed by atoms with van der Waals surface area (Å²) in [5.74, 6) is 0.900. The van der Waals surface area contributed by atoms with Crippen molar-refractivity contribution in [3.05, 3.63) is 29.8 Å². The number of nitrogens with zero attached hydrogens (tertiary/aromatic N) is 1. The lowest BCUT2D eigenvalue weighted by Gasteiger charge is -2.31. The Hall–Kier alpha value is -1.24. The molecule has 1 aliphatic rings. The molecule has 1 fully saturated rings. The Bertz CT molecular complexity index is 549. The summed E-state index contributed by atoms with van der Waals surface area (Å²) in [7, 11) is 0. The van der Waals surface area contributed by atoms with Crippen molar-refractivity contribution in [2.45, 2.75) is 50.5 Å². The average Bonchev–Trinajstić information content (AvgIpc) is 2.61. The molecule has 1 aromatic carbocycles. The molecular formula is C19H31N3O2S. The molecule has 4 N–H and O–H groups in total. The third kappa shape index (κ3) is 5.90. The maximum Gasteiger partial charge on any atom is 0.272 e. The molecule has 1 unspecified atom stereocenters. The van der Waals surface area contributed by atoms with Gasteiger partial charge in [0.15, 0.2) is 0 Å². The van der Waals surface area contributed by atoms with Crippen LogP contribution in [0.3, 0.4) is 0 Å². The monoisotopic (exact) mass is 365 g/mol. The average molecular weight is 366 g/mol. The van der Waals surface area contributed by atoms with E-state index in [0.717, 1.165) is 26.1 Å². The highest BCUT2D eigenvalue weighted by molar-refractivity contribution is 8.01. The van der Waals surface area contributed by atoms with Crippen LogP contribution >= 0.6 is 11.8 Å². The second kappa shape index (κ2) is 10.0. The fourth-order valence-corrected chi connectivity index (χ4v) is 4.32. The highest BCUT2D eigenvalue weighted by Crippen LogP contribution is 2.33. The Labute approximate surface area is 155 Å². The van der Waals surface area contributed by atoms with Gasteiger partial charge in [0.05, 0.1) is 0 Å². The molecule has 0 saturated carbocycles. The van der Waals surface area contributed by atoms with Gasteiger partial charge in [0.25, 0.3) is 5.91 Å². The molecule has 0 bridgehead atoms. The molecule has 0 radical (unpaired) electrons. The molecule has 2 rings (SSSR count). The fourth-order valence-electron chi connectivity index (χ4n) is 3.22. The fraction of sp³-hybridized carbons (Fsp3) is 0.632. The Kier molecular flexibility index (Phi) is 8.06. The third-order valence-corrected chi connectivity index (χ3v) is 5.84. The summed E-state index contributed by atoms with van der Waals surface area (Å²) in [6.45, 7) is 5.74. The topological polar surface area (TPSA) is 81.6 Å². The highest BCUT2D eigenvalue weighted by atomic mass is 32.2. The summed E-state index contributed by atoms with van der Waals surface area (Å²) in [5, 5.41) is 0. The molecule has 0 spiro atoms. The molecule has 1 saturated heterocycles. The van der Waals surface area contributed by atoms with Gasteiger partial charge in [0.1, 0.15) is 5.75 Å². The van der Waals surface area contributed by atoms with E-state index in [4.69, 9.17) is 16.2 Å². The van der Waals surface area contributed by atoms with Crippen LogP contribution in [0.4, 0.5) is 0 Å². The molecule has 25 heavy (non-hydrogen) atoms. The first-order chi connectivity index (χ1) is 12.1. The van der Waals surface area contributed by atoms with Crippen molar-refractivity contribution in [3.8, 4) is 5.75 Å². The van der Waals surface area contributed by atoms with Crippen molar-refractivity contribution in [2.24, 2.45) is 11.5 Å². The van der Waals surface area contributed by atoms with Crippen molar-refractivity contribution in [1.29, 1.82) is 0 Å². The van der Waals surface area contributed by atoms with Gasteiger partial charge in [-0.05, 0) is 43.6 Å². The largest absolute Gasteiger partial charge is 0.467 e. The van der Waals surface area contributed by atoms with Gasteiger partial charge >= 0.3 is 0 Å². The number of rotatable bonds is 10. The van der Waals surface area contributed by atoms with Crippen molar-refractivity contribution >= 4 is 17.7 Å². The summed E-state index contributed by atoms with van der Waals surface area (Å²) in [6.07, 6.45) is 5.26. The summed E-state index contributed by atoms with van der Waals surface area (Å²) < 4.78 is 6.15. The molecule has 6 heteroatoms. The molecule has 1 heterocycles. The van der Waals surface area contributed by atoms with E-state index in [1.165, 1.54) is 36.6 Å². The lowest BCUT2D eigenvalue weighted by molar-refractivity contribution is -0.127. The van der Waals surface area contributed by atoms with E-state index in [-0.39, 0.29) is 0 Å². The van der Waals surface area contributed by atoms with Gasteiger partial charge in [-0.2, -0.15) is 0 Å². The lowest BCUT2D eigenvalue weighted by atomic mass is 10.1. The van der Waals surface area contributed by atoms with Crippen LogP contribution in [0, 0.1) is 0 Å². The van der Waals surface area contributed by atoms with Crippen molar-refractivity contribution in [1.82, 2.24) is 4.90 Å². The SMILES string of the molecule is CCCC(Oc1cccc(CN2CCCCC2)c1)(SCCN)C(N)=O. The van der Waals surface area contributed by atoms with Gasteiger partial charge in [-0.1, -0.05) is 31.9 Å². The Morgan fingerprint density at radius 1 is 1.32 bits per heavy atom. The molecule has 5 nitrogen and oxygen atoms in total. The third-order valence-electron chi connectivity index (χ3n) is 4.44. The number of piperidine rings is 1. The molecule has 1 aromatic rings. The number of likely N-dealkylation sites (tertiary alicyclic amines) is 1. The van der Waals surface area contributed by atoms with E-state index < -0.39 is 10.8 Å². The summed E-state index contributed by atoms with van der Waals surface area (Å²) in [5.41, 5.74) is 12.5. The molecular weight excluding hydrogens is 334 g/mol. The van der Waals surface area contributed by atoms with Gasteiger partial charge in [0, 0.05) is 25.3 Å². The number of thioether (sulfide) groups is 1. The standard InChI is InChI=1S/C19H31N3O2S/c1-2-9-19(18(21)23,25-13-10-20)24-17-8-6-7-16(14-17)15-22-11-4-3-5-12-22/h6-8,14H,2-5,9-13,15,20H2,1H3,(H2,21,23). The molecule has 1 atom stereocenters. The van der Waals surface area contributed by atoms with E-state index in [9.17, 15) is 4.79 Å². The zero-order chi connectivity index (χ0) is 18.1. The normalized spacial score (nSPS) is 17.8. The molecule has 0 aliphatic carbocycles. The smallest absolute Gasteiger partial charge is 0.272 e. The highest BCUT2D eigenvalue weighted by Gasteiger charge is 2.38. The second-order valence-corrected chi connectivity index (χ2v) is 7.95. The molecule has 1 amide bonds. The van der Waals surface area contributed by atoms with Gasteiger partial charge in [-0.15, -0.1) is 11.8 Å². The number of amides is 1. The predicted molar refractivity (Wildman–Crippen MR) is 105 cm³/mol. The number of hydrogen-bond donors (Lipinski definition) is 2. The minimum Gasteiger partial charge on any atom is -0.467 e. The van der Waals surface area contributed by atoms with Gasteiger partial charge in [0.2, 0.25) is 4.93 Å². The van der Waals surface area contributed by atoms with Crippen LogP contribution in [0.1, 0.15) is 44.6 Å². The van der Waals surface area contributed by atoms with Crippen LogP contribution in [0.5, 0.6) is 5.75 Å². The zero-order valence-corrected chi connectivity index (χ0v) is 16.0. The second-order valence-electron chi connectivity index (χ2n) is 6.59. The predicted octanol–water partition coefficient (Wildman–Crippen LogP) is 2.72. The quantitative estimate of drug-likeness (QED) is 0.623. The first-order valence-electron chi connectivity index (χ1n) is 9.24. The first-order valence-corrected chi connectivity index (χ1v) is 10.2. The van der Waals surface area contributed by atoms with Crippen LogP contribution in [-0.4, -0.2) is 41.1 Å². The number of carbonyl (C=O) groups is 1. The van der Waals surface area contributed by atoms with Gasteiger partial charge < -0.3 is 16.2 Å². The van der Waals surface area contributed by atoms with Crippen LogP contribution < -0.4 is 16.2 Å². The molecule has 1 aliphatic heterocycles. The Balaban J connectivity index is 2.11. The van der Waals surface area contributed by atoms with Crippen LogP contribution in [-0.2, 0) is 11.3 Å². The van der Waals surface area contributed by atoms with Gasteiger partial charge in [-0.25, -0.2) is 0 Å². The van der Waals surface area contributed by atoms with E-state index in [1.54, 1.807) is 0 Å². The summed E-state index contributed by atoms with van der Waals surface area (Å²) in [4.78, 5) is 13.6. The van der Waals surface area contributed by atoms with Crippen LogP contribution in [0.25, 0.3) is 0 Å². The minimum absolute atomic E-state index is 0.436. The van der Waals surface area contributed by atoms with E-state index >= 15 is 0 Å². The molecule has 0 aromatic heterocycles. The Morgan fingerprint density at radius 3 is 2.72 bits per heavy atom.